The standard InChI is InChI=1S/C17H14ClNO3/c1-21-10-11-3-2-4-14(7-11)19-17(20)16-9-12-8-13(18)5-6-15(12)22-16/h2-9H,10H2,1H3,(H,19,20). The predicted octanol–water partition coefficient (Wildman–Crippen LogP) is 4.48. The molecule has 0 spiro atoms. The van der Waals surface area contributed by atoms with E-state index in [2.05, 4.69) is 5.32 Å². The van der Waals surface area contributed by atoms with Gasteiger partial charge in [0.1, 0.15) is 5.58 Å². The summed E-state index contributed by atoms with van der Waals surface area (Å²) in [5, 5.41) is 4.21. The molecule has 0 radical (unpaired) electrons. The highest BCUT2D eigenvalue weighted by molar-refractivity contribution is 6.31. The van der Waals surface area contributed by atoms with Crippen LogP contribution in [0.25, 0.3) is 11.0 Å². The van der Waals surface area contributed by atoms with Gasteiger partial charge in [0.2, 0.25) is 0 Å². The first kappa shape index (κ1) is 14.6. The largest absolute Gasteiger partial charge is 0.451 e. The van der Waals surface area contributed by atoms with E-state index in [1.54, 1.807) is 31.4 Å². The molecule has 0 unspecified atom stereocenters. The van der Waals surface area contributed by atoms with Crippen molar-refractivity contribution < 1.29 is 13.9 Å². The molecule has 0 aliphatic carbocycles. The fraction of sp³-hybridized carbons (Fsp3) is 0.118. The van der Waals surface area contributed by atoms with Crippen molar-refractivity contribution in [3.05, 3.63) is 64.9 Å². The Morgan fingerprint density at radius 2 is 2.09 bits per heavy atom. The number of hydrogen-bond donors (Lipinski definition) is 1. The monoisotopic (exact) mass is 315 g/mol. The number of carbonyl (C=O) groups is 1. The van der Waals surface area contributed by atoms with Gasteiger partial charge in [-0.1, -0.05) is 23.7 Å². The molecular weight excluding hydrogens is 302 g/mol. The molecule has 22 heavy (non-hydrogen) atoms. The highest BCUT2D eigenvalue weighted by Crippen LogP contribution is 2.23. The minimum Gasteiger partial charge on any atom is -0.451 e. The summed E-state index contributed by atoms with van der Waals surface area (Å²) in [4.78, 5) is 12.3. The molecule has 112 valence electrons. The van der Waals surface area contributed by atoms with Gasteiger partial charge in [0.05, 0.1) is 6.61 Å². The van der Waals surface area contributed by atoms with E-state index in [0.717, 1.165) is 10.9 Å². The highest BCUT2D eigenvalue weighted by Gasteiger charge is 2.13. The number of hydrogen-bond acceptors (Lipinski definition) is 3. The number of amides is 1. The van der Waals surface area contributed by atoms with Crippen LogP contribution < -0.4 is 5.32 Å². The van der Waals surface area contributed by atoms with E-state index < -0.39 is 0 Å². The second kappa shape index (κ2) is 6.22. The molecule has 0 saturated carbocycles. The van der Waals surface area contributed by atoms with Crippen LogP contribution in [0.2, 0.25) is 5.02 Å². The Morgan fingerprint density at radius 1 is 1.23 bits per heavy atom. The van der Waals surface area contributed by atoms with Crippen molar-refractivity contribution in [3.63, 3.8) is 0 Å². The average molecular weight is 316 g/mol. The van der Waals surface area contributed by atoms with Crippen LogP contribution in [0.4, 0.5) is 5.69 Å². The van der Waals surface area contributed by atoms with E-state index in [-0.39, 0.29) is 11.7 Å². The lowest BCUT2D eigenvalue weighted by atomic mass is 10.2. The summed E-state index contributed by atoms with van der Waals surface area (Å²) in [6.45, 7) is 0.493. The maximum atomic E-state index is 12.3. The van der Waals surface area contributed by atoms with Crippen molar-refractivity contribution in [1.82, 2.24) is 0 Å². The maximum absolute atomic E-state index is 12.3. The van der Waals surface area contributed by atoms with E-state index in [4.69, 9.17) is 20.8 Å². The summed E-state index contributed by atoms with van der Waals surface area (Å²) in [7, 11) is 1.63. The van der Waals surface area contributed by atoms with Gasteiger partial charge in [-0.15, -0.1) is 0 Å². The van der Waals surface area contributed by atoms with Gasteiger partial charge in [0, 0.05) is 23.2 Å². The molecule has 2 aromatic carbocycles. The van der Waals surface area contributed by atoms with Crippen LogP contribution in [0.3, 0.4) is 0 Å². The first-order valence-corrected chi connectivity index (χ1v) is 7.12. The third-order valence-corrected chi connectivity index (χ3v) is 3.43. The summed E-state index contributed by atoms with van der Waals surface area (Å²) in [5.74, 6) is -0.0590. The first-order chi connectivity index (χ1) is 10.7. The van der Waals surface area contributed by atoms with Crippen LogP contribution in [0.5, 0.6) is 0 Å². The molecule has 3 rings (SSSR count). The second-order valence-electron chi connectivity index (χ2n) is 4.88. The van der Waals surface area contributed by atoms with Gasteiger partial charge in [-0.25, -0.2) is 0 Å². The van der Waals surface area contributed by atoms with Gasteiger partial charge in [-0.2, -0.15) is 0 Å². The quantitative estimate of drug-likeness (QED) is 0.772. The second-order valence-corrected chi connectivity index (χ2v) is 5.32. The zero-order valence-electron chi connectivity index (χ0n) is 11.9. The number of halogens is 1. The van der Waals surface area contributed by atoms with Gasteiger partial charge in [-0.05, 0) is 42.0 Å². The number of methoxy groups -OCH3 is 1. The molecule has 0 atom stereocenters. The van der Waals surface area contributed by atoms with Crippen LogP contribution in [-0.2, 0) is 11.3 Å². The molecule has 0 fully saturated rings. The van der Waals surface area contributed by atoms with Gasteiger partial charge < -0.3 is 14.5 Å². The van der Waals surface area contributed by atoms with Crippen molar-refractivity contribution in [2.45, 2.75) is 6.61 Å². The smallest absolute Gasteiger partial charge is 0.291 e. The summed E-state index contributed by atoms with van der Waals surface area (Å²) in [6, 6.07) is 14.4. The number of rotatable bonds is 4. The minimum atomic E-state index is -0.304. The summed E-state index contributed by atoms with van der Waals surface area (Å²) >= 11 is 5.93. The van der Waals surface area contributed by atoms with Gasteiger partial charge in [-0.3, -0.25) is 4.79 Å². The van der Waals surface area contributed by atoms with Crippen molar-refractivity contribution in [3.8, 4) is 0 Å². The first-order valence-electron chi connectivity index (χ1n) is 6.74. The lowest BCUT2D eigenvalue weighted by Crippen LogP contribution is -2.10. The maximum Gasteiger partial charge on any atom is 0.291 e. The van der Waals surface area contributed by atoms with Gasteiger partial charge in [0.15, 0.2) is 5.76 Å². The Kier molecular flexibility index (Phi) is 4.13. The fourth-order valence-electron chi connectivity index (χ4n) is 2.22. The zero-order valence-corrected chi connectivity index (χ0v) is 12.7. The molecule has 3 aromatic rings. The molecular formula is C17H14ClNO3. The van der Waals surface area contributed by atoms with E-state index in [0.29, 0.717) is 22.9 Å². The number of fused-ring (bicyclic) bond motifs is 1. The Balaban J connectivity index is 1.82. The number of nitrogens with one attached hydrogen (secondary N) is 1. The van der Waals surface area contributed by atoms with Crippen molar-refractivity contribution in [1.29, 1.82) is 0 Å². The summed E-state index contributed by atoms with van der Waals surface area (Å²) in [5.41, 5.74) is 2.30. The van der Waals surface area contributed by atoms with E-state index in [1.165, 1.54) is 0 Å². The zero-order chi connectivity index (χ0) is 15.5. The summed E-state index contributed by atoms with van der Waals surface area (Å²) in [6.07, 6.45) is 0. The molecule has 1 aromatic heterocycles. The third kappa shape index (κ3) is 3.13. The van der Waals surface area contributed by atoms with Crippen LogP contribution in [-0.4, -0.2) is 13.0 Å². The summed E-state index contributed by atoms with van der Waals surface area (Å²) < 4.78 is 10.6. The number of furan rings is 1. The SMILES string of the molecule is COCc1cccc(NC(=O)c2cc3cc(Cl)ccc3o2)c1. The Hall–Kier alpha value is -2.30. The molecule has 0 saturated heterocycles. The lowest BCUT2D eigenvalue weighted by molar-refractivity contribution is 0.0998. The van der Waals surface area contributed by atoms with Crippen LogP contribution >= 0.6 is 11.6 Å². The number of ether oxygens (including phenoxy) is 1. The number of benzene rings is 2. The molecule has 1 heterocycles. The predicted molar refractivity (Wildman–Crippen MR) is 86.3 cm³/mol. The minimum absolute atomic E-state index is 0.245. The molecule has 4 nitrogen and oxygen atoms in total. The van der Waals surface area contributed by atoms with Crippen LogP contribution in [0, 0.1) is 0 Å². The normalized spacial score (nSPS) is 10.8. The molecule has 0 bridgehead atoms. The molecule has 1 N–H and O–H groups in total. The molecule has 0 aliphatic rings. The average Bonchev–Trinajstić information content (AvgIpc) is 2.91. The lowest BCUT2D eigenvalue weighted by Gasteiger charge is -2.05. The van der Waals surface area contributed by atoms with E-state index in [1.807, 2.05) is 24.3 Å². The molecule has 0 aliphatic heterocycles. The molecule has 1 amide bonds. The molecule has 5 heteroatoms. The van der Waals surface area contributed by atoms with Gasteiger partial charge >= 0.3 is 0 Å². The van der Waals surface area contributed by atoms with Crippen molar-refractivity contribution >= 4 is 34.2 Å². The highest BCUT2D eigenvalue weighted by atomic mass is 35.5. The van der Waals surface area contributed by atoms with Crippen LogP contribution in [0.15, 0.2) is 52.9 Å². The van der Waals surface area contributed by atoms with E-state index in [9.17, 15) is 4.79 Å². The fourth-order valence-corrected chi connectivity index (χ4v) is 2.40. The Labute approximate surface area is 132 Å². The number of carbonyl (C=O) groups excluding carboxylic acids is 1. The third-order valence-electron chi connectivity index (χ3n) is 3.20. The van der Waals surface area contributed by atoms with Crippen LogP contribution in [0.1, 0.15) is 16.1 Å². The van der Waals surface area contributed by atoms with Gasteiger partial charge in [0.25, 0.3) is 5.91 Å². The number of anilines is 1. The topological polar surface area (TPSA) is 51.5 Å². The van der Waals surface area contributed by atoms with E-state index >= 15 is 0 Å². The Morgan fingerprint density at radius 3 is 2.91 bits per heavy atom. The van der Waals surface area contributed by atoms with Crippen molar-refractivity contribution in [2.24, 2.45) is 0 Å². The Bertz CT molecular complexity index is 826. The van der Waals surface area contributed by atoms with Crippen molar-refractivity contribution in [2.75, 3.05) is 12.4 Å².